The molecule has 2 aliphatic rings. The lowest BCUT2D eigenvalue weighted by molar-refractivity contribution is 0.0590. The summed E-state index contributed by atoms with van der Waals surface area (Å²) in [6, 6.07) is 15.5. The molecule has 166 valence electrons. The van der Waals surface area contributed by atoms with Crippen molar-refractivity contribution in [3.05, 3.63) is 88.0 Å². The molecule has 3 heteroatoms. The standard InChI is InChI=1S/C29H33NO2/c1-20-9-8-18-29(3,4)26(20)17-16-23-11-7-10-22(19-23)15-14-21(2)30-27(31)24-12-5-6-13-25(24)28(30)32/h5-7,10-13,16-17,19,21H,8-9,14-15,18H2,1-4H3/b17-16+. The van der Waals surface area contributed by atoms with Crippen molar-refractivity contribution in [1.29, 1.82) is 0 Å². The third-order valence-corrected chi connectivity index (χ3v) is 7.05. The van der Waals surface area contributed by atoms with Crippen molar-refractivity contribution in [3.63, 3.8) is 0 Å². The maximum Gasteiger partial charge on any atom is 0.261 e. The third kappa shape index (κ3) is 4.34. The number of nitrogens with zero attached hydrogens (tertiary/aromatic N) is 1. The molecule has 2 aromatic carbocycles. The molecule has 0 saturated carbocycles. The molecule has 0 N–H and O–H groups in total. The average Bonchev–Trinajstić information content (AvgIpc) is 3.02. The van der Waals surface area contributed by atoms with Crippen molar-refractivity contribution in [2.75, 3.05) is 0 Å². The molecule has 0 spiro atoms. The first-order chi connectivity index (χ1) is 15.3. The molecule has 1 atom stereocenters. The zero-order chi connectivity index (χ0) is 22.9. The van der Waals surface area contributed by atoms with Gasteiger partial charge in [0.2, 0.25) is 0 Å². The molecule has 0 saturated heterocycles. The summed E-state index contributed by atoms with van der Waals surface area (Å²) in [6.45, 7) is 8.90. The zero-order valence-corrected chi connectivity index (χ0v) is 19.7. The van der Waals surface area contributed by atoms with Crippen LogP contribution in [-0.2, 0) is 6.42 Å². The predicted octanol–water partition coefficient (Wildman–Crippen LogP) is 6.84. The van der Waals surface area contributed by atoms with E-state index < -0.39 is 0 Å². The van der Waals surface area contributed by atoms with E-state index in [0.29, 0.717) is 11.1 Å². The second-order valence-corrected chi connectivity index (χ2v) is 9.92. The van der Waals surface area contributed by atoms with Crippen LogP contribution in [0.4, 0.5) is 0 Å². The van der Waals surface area contributed by atoms with E-state index in [4.69, 9.17) is 0 Å². The largest absolute Gasteiger partial charge is 0.271 e. The molecule has 3 nitrogen and oxygen atoms in total. The summed E-state index contributed by atoms with van der Waals surface area (Å²) in [7, 11) is 0. The predicted molar refractivity (Wildman–Crippen MR) is 131 cm³/mol. The Balaban J connectivity index is 1.43. The van der Waals surface area contributed by atoms with E-state index in [0.717, 1.165) is 12.8 Å². The minimum atomic E-state index is -0.173. The van der Waals surface area contributed by atoms with E-state index in [2.05, 4.69) is 57.2 Å². The fourth-order valence-electron chi connectivity index (χ4n) is 5.16. The van der Waals surface area contributed by atoms with E-state index in [9.17, 15) is 9.59 Å². The van der Waals surface area contributed by atoms with Gasteiger partial charge in [0.25, 0.3) is 11.8 Å². The highest BCUT2D eigenvalue weighted by Crippen LogP contribution is 2.41. The summed E-state index contributed by atoms with van der Waals surface area (Å²) in [5, 5.41) is 0. The number of imide groups is 1. The Hall–Kier alpha value is -2.94. The molecular weight excluding hydrogens is 394 g/mol. The van der Waals surface area contributed by atoms with E-state index in [-0.39, 0.29) is 23.3 Å². The van der Waals surface area contributed by atoms with Crippen LogP contribution in [0.1, 0.15) is 85.2 Å². The van der Waals surface area contributed by atoms with Crippen molar-refractivity contribution in [1.82, 2.24) is 4.90 Å². The molecule has 1 aliphatic carbocycles. The van der Waals surface area contributed by atoms with Crippen molar-refractivity contribution in [2.24, 2.45) is 5.41 Å². The molecule has 0 aromatic heterocycles. The Kier molecular flexibility index (Phi) is 6.19. The van der Waals surface area contributed by atoms with Gasteiger partial charge in [-0.15, -0.1) is 0 Å². The minimum absolute atomic E-state index is 0.141. The lowest BCUT2D eigenvalue weighted by Crippen LogP contribution is -2.38. The molecule has 2 amide bonds. The lowest BCUT2D eigenvalue weighted by Gasteiger charge is -2.32. The molecule has 0 radical (unpaired) electrons. The second kappa shape index (κ2) is 8.90. The number of benzene rings is 2. The maximum atomic E-state index is 12.7. The number of allylic oxidation sites excluding steroid dienone is 3. The molecule has 32 heavy (non-hydrogen) atoms. The molecule has 2 aromatic rings. The van der Waals surface area contributed by atoms with Gasteiger partial charge >= 0.3 is 0 Å². The monoisotopic (exact) mass is 427 g/mol. The summed E-state index contributed by atoms with van der Waals surface area (Å²) in [5.74, 6) is -0.345. The van der Waals surface area contributed by atoms with Crippen LogP contribution in [0, 0.1) is 5.41 Å². The van der Waals surface area contributed by atoms with Crippen LogP contribution >= 0.6 is 0 Å². The third-order valence-electron chi connectivity index (χ3n) is 7.05. The molecule has 0 fully saturated rings. The maximum absolute atomic E-state index is 12.7. The Morgan fingerprint density at radius 3 is 2.34 bits per heavy atom. The van der Waals surface area contributed by atoms with Crippen LogP contribution in [0.15, 0.2) is 65.8 Å². The van der Waals surface area contributed by atoms with Crippen molar-refractivity contribution >= 4 is 17.9 Å². The fourth-order valence-corrected chi connectivity index (χ4v) is 5.16. The highest BCUT2D eigenvalue weighted by molar-refractivity contribution is 6.21. The van der Waals surface area contributed by atoms with Crippen LogP contribution in [0.25, 0.3) is 6.08 Å². The van der Waals surface area contributed by atoms with Gasteiger partial charge in [-0.05, 0) is 80.2 Å². The fraction of sp³-hybridized carbons (Fsp3) is 0.379. The number of carbonyl (C=O) groups excluding carboxylic acids is 2. The van der Waals surface area contributed by atoms with E-state index >= 15 is 0 Å². The van der Waals surface area contributed by atoms with Gasteiger partial charge in [-0.3, -0.25) is 14.5 Å². The topological polar surface area (TPSA) is 37.4 Å². The van der Waals surface area contributed by atoms with Gasteiger partial charge in [-0.1, -0.05) is 68.0 Å². The Bertz CT molecular complexity index is 1070. The molecule has 0 bridgehead atoms. The van der Waals surface area contributed by atoms with Crippen molar-refractivity contribution in [3.8, 4) is 0 Å². The van der Waals surface area contributed by atoms with Gasteiger partial charge in [0.15, 0.2) is 0 Å². The number of hydrogen-bond donors (Lipinski definition) is 0. The van der Waals surface area contributed by atoms with Crippen molar-refractivity contribution < 1.29 is 9.59 Å². The van der Waals surface area contributed by atoms with Crippen LogP contribution in [0.3, 0.4) is 0 Å². The number of rotatable bonds is 6. The lowest BCUT2D eigenvalue weighted by atomic mass is 9.72. The highest BCUT2D eigenvalue weighted by Gasteiger charge is 2.37. The molecule has 1 heterocycles. The van der Waals surface area contributed by atoms with Gasteiger partial charge in [0.05, 0.1) is 11.1 Å². The summed E-state index contributed by atoms with van der Waals surface area (Å²) in [6.07, 6.45) is 9.80. The normalized spacial score (nSPS) is 19.1. The van der Waals surface area contributed by atoms with Gasteiger partial charge in [-0.2, -0.15) is 0 Å². The van der Waals surface area contributed by atoms with Gasteiger partial charge in [0.1, 0.15) is 0 Å². The smallest absolute Gasteiger partial charge is 0.261 e. The van der Waals surface area contributed by atoms with E-state index in [1.54, 1.807) is 12.1 Å². The number of fused-ring (bicyclic) bond motifs is 1. The first kappa shape index (κ1) is 22.3. The summed E-state index contributed by atoms with van der Waals surface area (Å²) in [4.78, 5) is 26.9. The van der Waals surface area contributed by atoms with Crippen molar-refractivity contribution in [2.45, 2.75) is 65.8 Å². The Morgan fingerprint density at radius 1 is 1.00 bits per heavy atom. The van der Waals surface area contributed by atoms with Gasteiger partial charge in [0, 0.05) is 6.04 Å². The first-order valence-electron chi connectivity index (χ1n) is 11.7. The summed E-state index contributed by atoms with van der Waals surface area (Å²) >= 11 is 0. The van der Waals surface area contributed by atoms with Crippen LogP contribution in [0.2, 0.25) is 0 Å². The van der Waals surface area contributed by atoms with E-state index in [1.165, 1.54) is 46.4 Å². The second-order valence-electron chi connectivity index (χ2n) is 9.92. The zero-order valence-electron chi connectivity index (χ0n) is 19.7. The van der Waals surface area contributed by atoms with Crippen LogP contribution in [0.5, 0.6) is 0 Å². The number of carbonyl (C=O) groups is 2. The highest BCUT2D eigenvalue weighted by atomic mass is 16.2. The molecule has 1 unspecified atom stereocenters. The molecular formula is C29H33NO2. The van der Waals surface area contributed by atoms with Gasteiger partial charge in [-0.25, -0.2) is 0 Å². The minimum Gasteiger partial charge on any atom is -0.271 e. The Labute approximate surface area is 191 Å². The Morgan fingerprint density at radius 2 is 1.69 bits per heavy atom. The van der Waals surface area contributed by atoms with Crippen LogP contribution < -0.4 is 0 Å². The summed E-state index contributed by atoms with van der Waals surface area (Å²) in [5.41, 5.74) is 6.66. The van der Waals surface area contributed by atoms with E-state index in [1.807, 2.05) is 19.1 Å². The number of amides is 2. The molecule has 1 aliphatic heterocycles. The SMILES string of the molecule is CC1=C(/C=C/c2cccc(CCC(C)N3C(=O)c4ccccc4C3=O)c2)C(C)(C)CCC1. The average molecular weight is 428 g/mol. The number of aryl methyl sites for hydroxylation is 1. The first-order valence-corrected chi connectivity index (χ1v) is 11.7. The van der Waals surface area contributed by atoms with Crippen LogP contribution in [-0.4, -0.2) is 22.8 Å². The molecule has 4 rings (SSSR count). The number of hydrogen-bond acceptors (Lipinski definition) is 2. The van der Waals surface area contributed by atoms with Gasteiger partial charge < -0.3 is 0 Å². The quantitative estimate of drug-likeness (QED) is 0.473. The summed E-state index contributed by atoms with van der Waals surface area (Å²) < 4.78 is 0.